The van der Waals surface area contributed by atoms with Gasteiger partial charge >= 0.3 is 5.63 Å². The van der Waals surface area contributed by atoms with Gasteiger partial charge in [-0.3, -0.25) is 4.79 Å². The van der Waals surface area contributed by atoms with E-state index in [1.807, 2.05) is 53.9 Å². The summed E-state index contributed by atoms with van der Waals surface area (Å²) in [5, 5.41) is 3.83. The molecule has 1 aromatic carbocycles. The second kappa shape index (κ2) is 5.81. The number of hydrogen-bond acceptors (Lipinski definition) is 4. The standard InChI is InChI=1S/C21H17N3O3/c1-12-8-20(26)27-17-9-13(5-6-14(12)17)15-10-19(25)22-11-16-21(15)24-7-3-2-4-18(24)23-16/h2-9,15H,10-11H2,1H3,(H,22,25). The molecule has 3 aromatic heterocycles. The summed E-state index contributed by atoms with van der Waals surface area (Å²) in [5.41, 5.74) is 4.69. The molecule has 0 spiro atoms. The molecule has 134 valence electrons. The molecular formula is C21H17N3O3. The highest BCUT2D eigenvalue weighted by Gasteiger charge is 2.29. The molecule has 1 aliphatic heterocycles. The van der Waals surface area contributed by atoms with Crippen molar-refractivity contribution < 1.29 is 9.21 Å². The molecule has 0 fully saturated rings. The maximum Gasteiger partial charge on any atom is 0.336 e. The zero-order valence-corrected chi connectivity index (χ0v) is 14.7. The summed E-state index contributed by atoms with van der Waals surface area (Å²) in [5.74, 6) is -0.191. The predicted octanol–water partition coefficient (Wildman–Crippen LogP) is 2.90. The third-order valence-electron chi connectivity index (χ3n) is 5.19. The van der Waals surface area contributed by atoms with Crippen molar-refractivity contribution in [3.05, 3.63) is 81.6 Å². The average molecular weight is 359 g/mol. The van der Waals surface area contributed by atoms with E-state index in [1.54, 1.807) is 0 Å². The normalized spacial score (nSPS) is 16.9. The van der Waals surface area contributed by atoms with Crippen molar-refractivity contribution in [3.8, 4) is 0 Å². The van der Waals surface area contributed by atoms with Gasteiger partial charge in [-0.1, -0.05) is 18.2 Å². The van der Waals surface area contributed by atoms with Gasteiger partial charge in [-0.2, -0.15) is 0 Å². The fraction of sp³-hybridized carbons (Fsp3) is 0.190. The Balaban J connectivity index is 1.75. The fourth-order valence-corrected chi connectivity index (χ4v) is 3.93. The van der Waals surface area contributed by atoms with Crippen molar-refractivity contribution in [2.45, 2.75) is 25.8 Å². The van der Waals surface area contributed by atoms with Crippen LogP contribution in [0.3, 0.4) is 0 Å². The van der Waals surface area contributed by atoms with Crippen molar-refractivity contribution >= 4 is 22.5 Å². The molecule has 0 saturated carbocycles. The first-order chi connectivity index (χ1) is 13.1. The van der Waals surface area contributed by atoms with E-state index in [2.05, 4.69) is 10.3 Å². The van der Waals surface area contributed by atoms with Crippen LogP contribution in [0.15, 0.2) is 57.9 Å². The molecule has 0 saturated heterocycles. The summed E-state index contributed by atoms with van der Waals surface area (Å²) in [7, 11) is 0. The Bertz CT molecular complexity index is 1270. The van der Waals surface area contributed by atoms with Crippen LogP contribution in [0.5, 0.6) is 0 Å². The molecule has 1 N–H and O–H groups in total. The monoisotopic (exact) mass is 359 g/mol. The van der Waals surface area contributed by atoms with Gasteiger partial charge in [0.05, 0.1) is 17.9 Å². The van der Waals surface area contributed by atoms with E-state index in [9.17, 15) is 9.59 Å². The van der Waals surface area contributed by atoms with E-state index in [4.69, 9.17) is 4.42 Å². The molecule has 5 rings (SSSR count). The van der Waals surface area contributed by atoms with Gasteiger partial charge in [-0.25, -0.2) is 9.78 Å². The van der Waals surface area contributed by atoms with Crippen LogP contribution in [0, 0.1) is 6.92 Å². The Morgan fingerprint density at radius 1 is 1.19 bits per heavy atom. The number of imidazole rings is 1. The molecule has 6 nitrogen and oxygen atoms in total. The maximum atomic E-state index is 12.3. The third-order valence-corrected chi connectivity index (χ3v) is 5.19. The Morgan fingerprint density at radius 2 is 2.07 bits per heavy atom. The summed E-state index contributed by atoms with van der Waals surface area (Å²) >= 11 is 0. The quantitative estimate of drug-likeness (QED) is 0.530. The van der Waals surface area contributed by atoms with Gasteiger partial charge in [0.1, 0.15) is 11.2 Å². The van der Waals surface area contributed by atoms with E-state index in [-0.39, 0.29) is 17.5 Å². The van der Waals surface area contributed by atoms with Gasteiger partial charge in [0, 0.05) is 30.0 Å². The molecule has 0 bridgehead atoms. The van der Waals surface area contributed by atoms with Crippen molar-refractivity contribution in [1.82, 2.24) is 14.7 Å². The number of pyridine rings is 1. The second-order valence-corrected chi connectivity index (χ2v) is 6.91. The van der Waals surface area contributed by atoms with Gasteiger partial charge in [-0.05, 0) is 36.2 Å². The molecule has 1 aliphatic rings. The Labute approximate surface area is 154 Å². The molecule has 0 radical (unpaired) electrons. The molecular weight excluding hydrogens is 342 g/mol. The van der Waals surface area contributed by atoms with Crippen LogP contribution in [0.4, 0.5) is 0 Å². The summed E-state index contributed by atoms with van der Waals surface area (Å²) in [4.78, 5) is 28.8. The van der Waals surface area contributed by atoms with Crippen LogP contribution in [-0.4, -0.2) is 15.3 Å². The lowest BCUT2D eigenvalue weighted by molar-refractivity contribution is -0.121. The van der Waals surface area contributed by atoms with Crippen molar-refractivity contribution in [1.29, 1.82) is 0 Å². The van der Waals surface area contributed by atoms with E-state index in [1.165, 1.54) is 6.07 Å². The van der Waals surface area contributed by atoms with Crippen molar-refractivity contribution in [2.24, 2.45) is 0 Å². The summed E-state index contributed by atoms with van der Waals surface area (Å²) < 4.78 is 7.45. The molecule has 1 amide bonds. The summed E-state index contributed by atoms with van der Waals surface area (Å²) in [6.07, 6.45) is 2.28. The highest BCUT2D eigenvalue weighted by Crippen LogP contribution is 2.34. The summed E-state index contributed by atoms with van der Waals surface area (Å²) in [6.45, 7) is 2.30. The predicted molar refractivity (Wildman–Crippen MR) is 101 cm³/mol. The van der Waals surface area contributed by atoms with E-state index < -0.39 is 0 Å². The van der Waals surface area contributed by atoms with Gasteiger partial charge in [0.2, 0.25) is 5.91 Å². The lowest BCUT2D eigenvalue weighted by atomic mass is 9.90. The van der Waals surface area contributed by atoms with Gasteiger partial charge in [0.15, 0.2) is 0 Å². The van der Waals surface area contributed by atoms with Gasteiger partial charge in [0.25, 0.3) is 0 Å². The smallest absolute Gasteiger partial charge is 0.336 e. The van der Waals surface area contributed by atoms with Crippen molar-refractivity contribution in [2.75, 3.05) is 0 Å². The van der Waals surface area contributed by atoms with Gasteiger partial charge in [-0.15, -0.1) is 0 Å². The number of rotatable bonds is 1. The van der Waals surface area contributed by atoms with Crippen LogP contribution < -0.4 is 10.9 Å². The number of amides is 1. The van der Waals surface area contributed by atoms with Crippen molar-refractivity contribution in [3.63, 3.8) is 0 Å². The second-order valence-electron chi connectivity index (χ2n) is 6.91. The number of nitrogens with one attached hydrogen (secondary N) is 1. The minimum Gasteiger partial charge on any atom is -0.423 e. The van der Waals surface area contributed by atoms with E-state index >= 15 is 0 Å². The topological polar surface area (TPSA) is 76.6 Å². The third kappa shape index (κ3) is 2.52. The summed E-state index contributed by atoms with van der Waals surface area (Å²) in [6, 6.07) is 13.2. The van der Waals surface area contributed by atoms with Crippen LogP contribution in [0.25, 0.3) is 16.6 Å². The number of benzene rings is 1. The van der Waals surface area contributed by atoms with Crippen LogP contribution >= 0.6 is 0 Å². The highest BCUT2D eigenvalue weighted by atomic mass is 16.4. The lowest BCUT2D eigenvalue weighted by Crippen LogP contribution is -2.21. The van der Waals surface area contributed by atoms with Crippen LogP contribution in [0.1, 0.15) is 34.9 Å². The number of aromatic nitrogens is 2. The number of fused-ring (bicyclic) bond motifs is 4. The lowest BCUT2D eigenvalue weighted by Gasteiger charge is -2.16. The largest absolute Gasteiger partial charge is 0.423 e. The molecule has 1 unspecified atom stereocenters. The zero-order chi connectivity index (χ0) is 18.5. The first kappa shape index (κ1) is 15.8. The highest BCUT2D eigenvalue weighted by molar-refractivity contribution is 5.82. The molecule has 4 aromatic rings. The maximum absolute atomic E-state index is 12.3. The molecule has 0 aliphatic carbocycles. The average Bonchev–Trinajstić information content (AvgIpc) is 2.93. The molecule has 1 atom stereocenters. The number of nitrogens with zero attached hydrogens (tertiary/aromatic N) is 2. The Hall–Kier alpha value is -3.41. The number of aryl methyl sites for hydroxylation is 1. The number of carbonyl (C=O) groups is 1. The molecule has 6 heteroatoms. The Kier molecular flexibility index (Phi) is 3.40. The number of hydrogen-bond donors (Lipinski definition) is 1. The molecule has 4 heterocycles. The zero-order valence-electron chi connectivity index (χ0n) is 14.7. The minimum atomic E-state index is -0.369. The van der Waals surface area contributed by atoms with E-state index in [0.29, 0.717) is 18.5 Å². The Morgan fingerprint density at radius 3 is 2.96 bits per heavy atom. The van der Waals surface area contributed by atoms with Crippen LogP contribution in [-0.2, 0) is 11.3 Å². The first-order valence-electron chi connectivity index (χ1n) is 8.87. The first-order valence-corrected chi connectivity index (χ1v) is 8.87. The minimum absolute atomic E-state index is 0.0199. The fourth-order valence-electron chi connectivity index (χ4n) is 3.93. The van der Waals surface area contributed by atoms with Crippen LogP contribution in [0.2, 0.25) is 0 Å². The number of carbonyl (C=O) groups excluding carboxylic acids is 1. The van der Waals surface area contributed by atoms with E-state index in [0.717, 1.165) is 33.5 Å². The SMILES string of the molecule is Cc1cc(=O)oc2cc(C3CC(=O)NCc4nc5ccccn5c43)ccc12. The molecule has 27 heavy (non-hydrogen) atoms. The van der Waals surface area contributed by atoms with Gasteiger partial charge < -0.3 is 14.1 Å².